The van der Waals surface area contributed by atoms with Gasteiger partial charge in [-0.05, 0) is 6.42 Å². The normalized spacial score (nSPS) is 10.3. The summed E-state index contributed by atoms with van der Waals surface area (Å²) in [5.74, 6) is -0.129. The smallest absolute Gasteiger partial charge is 0.177 e. The molecule has 0 heterocycles. The average molecular weight is 247 g/mol. The van der Waals surface area contributed by atoms with Crippen molar-refractivity contribution in [3.63, 3.8) is 0 Å². The summed E-state index contributed by atoms with van der Waals surface area (Å²) in [7, 11) is 0. The van der Waals surface area contributed by atoms with E-state index in [9.17, 15) is 9.59 Å². The first-order chi connectivity index (χ1) is 8.70. The molecule has 0 saturated carbocycles. The van der Waals surface area contributed by atoms with Crippen molar-refractivity contribution in [1.82, 2.24) is 0 Å². The lowest BCUT2D eigenvalue weighted by Gasteiger charge is -2.06. The molecule has 1 rings (SSSR count). The summed E-state index contributed by atoms with van der Waals surface area (Å²) >= 11 is 0. The van der Waals surface area contributed by atoms with Crippen LogP contribution >= 0.6 is 0 Å². The summed E-state index contributed by atoms with van der Waals surface area (Å²) in [5.41, 5.74) is 6.33. The number of carbonyl (C=O) groups excluding carboxylic acids is 2. The number of rotatable bonds is 8. The van der Waals surface area contributed by atoms with Crippen molar-refractivity contribution in [2.24, 2.45) is 5.73 Å². The van der Waals surface area contributed by atoms with Crippen LogP contribution in [0.1, 0.15) is 59.7 Å². The quantitative estimate of drug-likeness (QED) is 0.567. The van der Waals surface area contributed by atoms with Gasteiger partial charge in [0.2, 0.25) is 0 Å². The Hall–Kier alpha value is -1.48. The second-order valence-electron chi connectivity index (χ2n) is 4.41. The fourth-order valence-electron chi connectivity index (χ4n) is 1.93. The van der Waals surface area contributed by atoms with Crippen LogP contribution in [0.5, 0.6) is 0 Å². The van der Waals surface area contributed by atoms with Crippen LogP contribution in [0.25, 0.3) is 0 Å². The average Bonchev–Trinajstić information content (AvgIpc) is 2.42. The van der Waals surface area contributed by atoms with Crippen LogP contribution in [0.15, 0.2) is 24.3 Å². The molecule has 98 valence electrons. The third-order valence-electron chi connectivity index (χ3n) is 2.97. The van der Waals surface area contributed by atoms with E-state index in [-0.39, 0.29) is 18.1 Å². The van der Waals surface area contributed by atoms with Gasteiger partial charge in [0.25, 0.3) is 0 Å². The lowest BCUT2D eigenvalue weighted by Crippen LogP contribution is -2.17. The largest absolute Gasteiger partial charge is 0.324 e. The molecule has 0 saturated heterocycles. The molecule has 0 aliphatic carbocycles. The van der Waals surface area contributed by atoms with E-state index in [1.54, 1.807) is 24.3 Å². The van der Waals surface area contributed by atoms with Crippen molar-refractivity contribution in [3.8, 4) is 0 Å². The van der Waals surface area contributed by atoms with Crippen LogP contribution in [-0.2, 0) is 0 Å². The number of carbonyl (C=O) groups is 2. The molecule has 1 aromatic carbocycles. The minimum Gasteiger partial charge on any atom is -0.324 e. The number of ketones is 2. The molecule has 3 nitrogen and oxygen atoms in total. The number of hydrogen-bond donors (Lipinski definition) is 1. The van der Waals surface area contributed by atoms with E-state index in [4.69, 9.17) is 5.73 Å². The van der Waals surface area contributed by atoms with Gasteiger partial charge >= 0.3 is 0 Å². The van der Waals surface area contributed by atoms with Crippen LogP contribution in [0, 0.1) is 0 Å². The van der Waals surface area contributed by atoms with E-state index in [2.05, 4.69) is 6.92 Å². The molecule has 0 bridgehead atoms. The van der Waals surface area contributed by atoms with Crippen LogP contribution in [0.2, 0.25) is 0 Å². The summed E-state index contributed by atoms with van der Waals surface area (Å²) in [5, 5.41) is 0. The van der Waals surface area contributed by atoms with Gasteiger partial charge in [0.15, 0.2) is 11.6 Å². The van der Waals surface area contributed by atoms with E-state index >= 15 is 0 Å². The maximum atomic E-state index is 12.1. The summed E-state index contributed by atoms with van der Waals surface area (Å²) in [6.45, 7) is 2.08. The zero-order valence-corrected chi connectivity index (χ0v) is 10.9. The molecule has 0 aliphatic heterocycles. The first-order valence-electron chi connectivity index (χ1n) is 6.56. The Bertz CT molecular complexity index is 413. The zero-order chi connectivity index (χ0) is 13.4. The van der Waals surface area contributed by atoms with Gasteiger partial charge in [0.05, 0.1) is 6.54 Å². The van der Waals surface area contributed by atoms with Crippen LogP contribution in [-0.4, -0.2) is 18.1 Å². The van der Waals surface area contributed by atoms with Gasteiger partial charge < -0.3 is 5.73 Å². The molecule has 18 heavy (non-hydrogen) atoms. The molecular weight excluding hydrogens is 226 g/mol. The predicted octanol–water partition coefficient (Wildman–Crippen LogP) is 2.98. The van der Waals surface area contributed by atoms with Crippen molar-refractivity contribution >= 4 is 11.6 Å². The van der Waals surface area contributed by atoms with Crippen LogP contribution in [0.3, 0.4) is 0 Å². The first kappa shape index (κ1) is 14.6. The lowest BCUT2D eigenvalue weighted by atomic mass is 9.97. The minimum atomic E-state index is -0.174. The summed E-state index contributed by atoms with van der Waals surface area (Å²) < 4.78 is 0. The Morgan fingerprint density at radius 2 is 1.61 bits per heavy atom. The minimum absolute atomic E-state index is 0.0449. The van der Waals surface area contributed by atoms with Gasteiger partial charge in [0.1, 0.15) is 0 Å². The van der Waals surface area contributed by atoms with Crippen molar-refractivity contribution in [2.75, 3.05) is 6.54 Å². The van der Waals surface area contributed by atoms with E-state index in [0.29, 0.717) is 17.5 Å². The Labute approximate surface area is 108 Å². The molecule has 2 N–H and O–H groups in total. The SMILES string of the molecule is CCCCCCC(=O)c1ccccc1C(=O)CN. The molecule has 0 atom stereocenters. The number of unbranched alkanes of at least 4 members (excludes halogenated alkanes) is 3. The zero-order valence-electron chi connectivity index (χ0n) is 10.9. The maximum Gasteiger partial charge on any atom is 0.177 e. The lowest BCUT2D eigenvalue weighted by molar-refractivity contribution is 0.0955. The second kappa shape index (κ2) is 7.77. The highest BCUT2D eigenvalue weighted by molar-refractivity contribution is 6.09. The molecule has 0 fully saturated rings. The van der Waals surface area contributed by atoms with Gasteiger partial charge in [0, 0.05) is 17.5 Å². The van der Waals surface area contributed by atoms with E-state index < -0.39 is 0 Å². The molecule has 3 heteroatoms. The fourth-order valence-corrected chi connectivity index (χ4v) is 1.93. The molecule has 0 unspecified atom stereocenters. The highest BCUT2D eigenvalue weighted by Crippen LogP contribution is 2.14. The van der Waals surface area contributed by atoms with Crippen LogP contribution < -0.4 is 5.73 Å². The van der Waals surface area contributed by atoms with Gasteiger partial charge in [-0.3, -0.25) is 9.59 Å². The summed E-state index contributed by atoms with van der Waals surface area (Å²) in [6, 6.07) is 6.93. The van der Waals surface area contributed by atoms with E-state index in [1.807, 2.05) is 0 Å². The first-order valence-corrected chi connectivity index (χ1v) is 6.56. The molecular formula is C15H21NO2. The van der Waals surface area contributed by atoms with Crippen molar-refractivity contribution < 1.29 is 9.59 Å². The monoisotopic (exact) mass is 247 g/mol. The number of benzene rings is 1. The van der Waals surface area contributed by atoms with Gasteiger partial charge in [-0.15, -0.1) is 0 Å². The molecule has 1 aromatic rings. The van der Waals surface area contributed by atoms with Crippen molar-refractivity contribution in [1.29, 1.82) is 0 Å². The van der Waals surface area contributed by atoms with Gasteiger partial charge in [-0.1, -0.05) is 50.5 Å². The van der Waals surface area contributed by atoms with Gasteiger partial charge in [-0.25, -0.2) is 0 Å². The summed E-state index contributed by atoms with van der Waals surface area (Å²) in [4.78, 5) is 23.7. The Morgan fingerprint density at radius 3 is 2.17 bits per heavy atom. The maximum absolute atomic E-state index is 12.1. The Balaban J connectivity index is 2.70. The highest BCUT2D eigenvalue weighted by Gasteiger charge is 2.14. The molecule has 0 radical (unpaired) electrons. The molecule has 0 aromatic heterocycles. The number of hydrogen-bond acceptors (Lipinski definition) is 3. The van der Waals surface area contributed by atoms with Crippen molar-refractivity contribution in [2.45, 2.75) is 39.0 Å². The topological polar surface area (TPSA) is 60.2 Å². The molecule has 0 spiro atoms. The van der Waals surface area contributed by atoms with Crippen molar-refractivity contribution in [3.05, 3.63) is 35.4 Å². The Kier molecular flexibility index (Phi) is 6.29. The van der Waals surface area contributed by atoms with E-state index in [0.717, 1.165) is 25.7 Å². The third-order valence-corrected chi connectivity index (χ3v) is 2.97. The number of nitrogens with two attached hydrogens (primary N) is 1. The van der Waals surface area contributed by atoms with E-state index in [1.165, 1.54) is 0 Å². The fraction of sp³-hybridized carbons (Fsp3) is 0.467. The highest BCUT2D eigenvalue weighted by atomic mass is 16.1. The summed E-state index contributed by atoms with van der Waals surface area (Å²) in [6.07, 6.45) is 4.76. The third kappa shape index (κ3) is 4.08. The van der Waals surface area contributed by atoms with Crippen LogP contribution in [0.4, 0.5) is 0 Å². The predicted molar refractivity (Wildman–Crippen MR) is 72.9 cm³/mol. The standard InChI is InChI=1S/C15H21NO2/c1-2-3-4-5-10-14(17)12-8-6-7-9-13(12)15(18)11-16/h6-9H,2-5,10-11,16H2,1H3. The molecule has 0 aliphatic rings. The number of Topliss-reactive ketones (excluding diaryl/α,β-unsaturated/α-hetero) is 2. The molecule has 0 amide bonds. The Morgan fingerprint density at radius 1 is 1.00 bits per heavy atom. The second-order valence-corrected chi connectivity index (χ2v) is 4.41. The van der Waals surface area contributed by atoms with Gasteiger partial charge in [-0.2, -0.15) is 0 Å².